The molecule has 3 aliphatic rings. The molecule has 0 amide bonds. The molecule has 0 fully saturated rings. The second kappa shape index (κ2) is 6.43. The van der Waals surface area contributed by atoms with E-state index in [1.807, 2.05) is 0 Å². The highest BCUT2D eigenvalue weighted by Crippen LogP contribution is 2.71. The summed E-state index contributed by atoms with van der Waals surface area (Å²) < 4.78 is 22.6. The highest BCUT2D eigenvalue weighted by atomic mass is 16.5. The first-order chi connectivity index (χ1) is 15.1. The van der Waals surface area contributed by atoms with E-state index in [1.165, 1.54) is 33.4 Å². The van der Waals surface area contributed by atoms with Crippen molar-refractivity contribution in [3.05, 3.63) is 81.9 Å². The van der Waals surface area contributed by atoms with Crippen LogP contribution in [0.2, 0.25) is 0 Å². The van der Waals surface area contributed by atoms with Gasteiger partial charge in [-0.3, -0.25) is 0 Å². The van der Waals surface area contributed by atoms with E-state index >= 15 is 0 Å². The van der Waals surface area contributed by atoms with Gasteiger partial charge in [0.2, 0.25) is 0 Å². The number of benzene rings is 3. The van der Waals surface area contributed by atoms with Crippen molar-refractivity contribution in [2.24, 2.45) is 5.41 Å². The van der Waals surface area contributed by atoms with E-state index in [2.05, 4.69) is 48.5 Å². The Bertz CT molecular complexity index is 1120. The van der Waals surface area contributed by atoms with Crippen molar-refractivity contribution in [1.82, 2.24) is 0 Å². The van der Waals surface area contributed by atoms with Gasteiger partial charge >= 0.3 is 0 Å². The van der Waals surface area contributed by atoms with Crippen LogP contribution in [-0.4, -0.2) is 28.4 Å². The molecule has 0 saturated heterocycles. The monoisotopic (exact) mass is 414 g/mol. The number of methoxy groups -OCH3 is 4. The second-order valence-electron chi connectivity index (χ2n) is 8.89. The standard InChI is InChI=1S/C27H26O4/c1-28-21-9-15-13-27-14-16-10-22(29-2)24(31-4)12-20(16)26(27)18-8-6-5-7-17(18)25(27)19(15)11-23(21)30-3/h5-12,25-26H,13-14H2,1-4H3. The van der Waals surface area contributed by atoms with Crippen LogP contribution in [0.15, 0.2) is 48.5 Å². The third-order valence-corrected chi connectivity index (χ3v) is 7.72. The first kappa shape index (κ1) is 18.6. The summed E-state index contributed by atoms with van der Waals surface area (Å²) in [5, 5.41) is 0. The van der Waals surface area contributed by atoms with Crippen LogP contribution >= 0.6 is 0 Å². The Labute approximate surface area is 182 Å². The van der Waals surface area contributed by atoms with Crippen LogP contribution in [0.25, 0.3) is 0 Å². The maximum absolute atomic E-state index is 5.67. The van der Waals surface area contributed by atoms with Gasteiger partial charge in [-0.15, -0.1) is 0 Å². The molecule has 0 aliphatic heterocycles. The highest BCUT2D eigenvalue weighted by molar-refractivity contribution is 5.66. The van der Waals surface area contributed by atoms with Crippen LogP contribution in [0.1, 0.15) is 45.2 Å². The first-order valence-electron chi connectivity index (χ1n) is 10.7. The Hall–Kier alpha value is -3.14. The summed E-state index contributed by atoms with van der Waals surface area (Å²) in [6.07, 6.45) is 2.04. The summed E-state index contributed by atoms with van der Waals surface area (Å²) >= 11 is 0. The van der Waals surface area contributed by atoms with Gasteiger partial charge in [-0.2, -0.15) is 0 Å². The maximum atomic E-state index is 5.67. The zero-order chi connectivity index (χ0) is 21.3. The Morgan fingerprint density at radius 1 is 0.581 bits per heavy atom. The van der Waals surface area contributed by atoms with Crippen molar-refractivity contribution in [2.75, 3.05) is 28.4 Å². The van der Waals surface area contributed by atoms with Gasteiger partial charge in [-0.1, -0.05) is 24.3 Å². The SMILES string of the molecule is COc1cc2c(cc1OC)C1c3ccccc3C3c4cc(OC)c(OC)cc4CC13C2. The number of rotatable bonds is 4. The van der Waals surface area contributed by atoms with E-state index < -0.39 is 0 Å². The number of hydrogen-bond acceptors (Lipinski definition) is 4. The van der Waals surface area contributed by atoms with Crippen LogP contribution in [0.4, 0.5) is 0 Å². The van der Waals surface area contributed by atoms with E-state index in [4.69, 9.17) is 18.9 Å². The van der Waals surface area contributed by atoms with Crippen LogP contribution < -0.4 is 18.9 Å². The average molecular weight is 415 g/mol. The fourth-order valence-electron chi connectivity index (χ4n) is 6.67. The minimum Gasteiger partial charge on any atom is -0.493 e. The molecule has 0 heterocycles. The van der Waals surface area contributed by atoms with E-state index in [9.17, 15) is 0 Å². The van der Waals surface area contributed by atoms with Crippen LogP contribution in [0, 0.1) is 5.41 Å². The van der Waals surface area contributed by atoms with Gasteiger partial charge in [0, 0.05) is 17.3 Å². The summed E-state index contributed by atoms with van der Waals surface area (Å²) in [7, 11) is 6.84. The molecule has 2 unspecified atom stereocenters. The molecule has 4 nitrogen and oxygen atoms in total. The fourth-order valence-corrected chi connectivity index (χ4v) is 6.67. The Kier molecular flexibility index (Phi) is 3.86. The van der Waals surface area contributed by atoms with E-state index in [1.54, 1.807) is 28.4 Å². The lowest BCUT2D eigenvalue weighted by Gasteiger charge is -2.30. The van der Waals surface area contributed by atoms with Gasteiger partial charge in [-0.25, -0.2) is 0 Å². The largest absolute Gasteiger partial charge is 0.493 e. The molecule has 3 aromatic carbocycles. The quantitative estimate of drug-likeness (QED) is 0.595. The molecular formula is C27H26O4. The fraction of sp³-hybridized carbons (Fsp3) is 0.333. The molecule has 0 aromatic heterocycles. The molecule has 0 bridgehead atoms. The van der Waals surface area contributed by atoms with Gasteiger partial charge in [0.25, 0.3) is 0 Å². The number of fused-ring (bicyclic) bond motifs is 7. The van der Waals surface area contributed by atoms with Crippen molar-refractivity contribution in [3.63, 3.8) is 0 Å². The van der Waals surface area contributed by atoms with Crippen molar-refractivity contribution in [3.8, 4) is 23.0 Å². The van der Waals surface area contributed by atoms with Crippen LogP contribution in [0.3, 0.4) is 0 Å². The van der Waals surface area contributed by atoms with Crippen LogP contribution in [0.5, 0.6) is 23.0 Å². The lowest BCUT2D eigenvalue weighted by molar-refractivity contribution is 0.281. The lowest BCUT2D eigenvalue weighted by atomic mass is 9.71. The Morgan fingerprint density at radius 3 is 1.35 bits per heavy atom. The summed E-state index contributed by atoms with van der Waals surface area (Å²) in [5.74, 6) is 3.90. The van der Waals surface area contributed by atoms with Gasteiger partial charge in [0.05, 0.1) is 28.4 Å². The summed E-state index contributed by atoms with van der Waals surface area (Å²) in [6, 6.07) is 17.7. The molecule has 3 aromatic rings. The van der Waals surface area contributed by atoms with Gasteiger partial charge in [0.1, 0.15) is 0 Å². The maximum Gasteiger partial charge on any atom is 0.161 e. The Morgan fingerprint density at radius 2 is 0.968 bits per heavy atom. The molecule has 0 saturated carbocycles. The molecule has 31 heavy (non-hydrogen) atoms. The molecule has 4 heteroatoms. The van der Waals surface area contributed by atoms with Crippen molar-refractivity contribution >= 4 is 0 Å². The minimum absolute atomic E-state index is 0.0864. The van der Waals surface area contributed by atoms with Gasteiger partial charge in [-0.05, 0) is 70.5 Å². The molecule has 2 atom stereocenters. The van der Waals surface area contributed by atoms with E-state index in [0.29, 0.717) is 11.8 Å². The third-order valence-electron chi connectivity index (χ3n) is 7.72. The molecule has 6 rings (SSSR count). The third kappa shape index (κ3) is 2.25. The molecule has 1 spiro atoms. The number of ether oxygens (including phenoxy) is 4. The van der Waals surface area contributed by atoms with Gasteiger partial charge < -0.3 is 18.9 Å². The topological polar surface area (TPSA) is 36.9 Å². The molecule has 0 N–H and O–H groups in total. The smallest absolute Gasteiger partial charge is 0.161 e. The van der Waals surface area contributed by atoms with Crippen molar-refractivity contribution in [1.29, 1.82) is 0 Å². The summed E-state index contributed by atoms with van der Waals surface area (Å²) in [6.45, 7) is 0. The molecular weight excluding hydrogens is 388 g/mol. The van der Waals surface area contributed by atoms with Gasteiger partial charge in [0.15, 0.2) is 23.0 Å². The normalized spacial score (nSPS) is 24.0. The average Bonchev–Trinajstić information content (AvgIpc) is 3.37. The van der Waals surface area contributed by atoms with E-state index in [-0.39, 0.29) is 5.41 Å². The second-order valence-corrected chi connectivity index (χ2v) is 8.89. The number of hydrogen-bond donors (Lipinski definition) is 0. The molecule has 3 aliphatic carbocycles. The molecule has 158 valence electrons. The van der Waals surface area contributed by atoms with Crippen molar-refractivity contribution in [2.45, 2.75) is 24.7 Å². The molecule has 0 radical (unpaired) electrons. The lowest BCUT2D eigenvalue weighted by Crippen LogP contribution is -2.26. The zero-order valence-electron chi connectivity index (χ0n) is 18.3. The highest BCUT2D eigenvalue weighted by Gasteiger charge is 2.61. The Balaban J connectivity index is 1.60. The predicted octanol–water partition coefficient (Wildman–Crippen LogP) is 5.10. The predicted molar refractivity (Wildman–Crippen MR) is 119 cm³/mol. The van der Waals surface area contributed by atoms with E-state index in [0.717, 1.165) is 35.8 Å². The van der Waals surface area contributed by atoms with Crippen LogP contribution in [-0.2, 0) is 12.8 Å². The minimum atomic E-state index is 0.0864. The summed E-state index contributed by atoms with van der Waals surface area (Å²) in [4.78, 5) is 0. The summed E-state index contributed by atoms with van der Waals surface area (Å²) in [5.41, 5.74) is 8.46. The first-order valence-corrected chi connectivity index (χ1v) is 10.7. The zero-order valence-corrected chi connectivity index (χ0v) is 18.3. The van der Waals surface area contributed by atoms with Crippen molar-refractivity contribution < 1.29 is 18.9 Å².